The van der Waals surface area contributed by atoms with Crippen molar-refractivity contribution in [1.82, 2.24) is 15.0 Å². The first-order valence-corrected chi connectivity index (χ1v) is 5.55. The molecule has 0 aliphatic carbocycles. The second kappa shape index (κ2) is 5.17. The first-order chi connectivity index (χ1) is 8.63. The zero-order valence-electron chi connectivity index (χ0n) is 9.19. The molecule has 0 saturated carbocycles. The molecule has 0 saturated heterocycles. The molecule has 0 aliphatic heterocycles. The Morgan fingerprint density at radius 3 is 2.39 bits per heavy atom. The second-order valence-electron chi connectivity index (χ2n) is 3.22. The van der Waals surface area contributed by atoms with Crippen molar-refractivity contribution in [2.45, 2.75) is 0 Å². The fourth-order valence-corrected chi connectivity index (χ4v) is 1.76. The number of hydrogen-bond acceptors (Lipinski definition) is 5. The summed E-state index contributed by atoms with van der Waals surface area (Å²) in [6.45, 7) is 0. The highest BCUT2D eigenvalue weighted by Gasteiger charge is 2.12. The molecule has 18 heavy (non-hydrogen) atoms. The van der Waals surface area contributed by atoms with E-state index in [0.29, 0.717) is 16.9 Å². The molecular formula is C11H6Cl2N4O. The van der Waals surface area contributed by atoms with Crippen molar-refractivity contribution in [2.75, 3.05) is 7.11 Å². The summed E-state index contributed by atoms with van der Waals surface area (Å²) in [5.41, 5.74) is 0.987. The molecule has 2 aromatic rings. The van der Waals surface area contributed by atoms with Gasteiger partial charge in [0.25, 0.3) is 0 Å². The first-order valence-electron chi connectivity index (χ1n) is 4.79. The monoisotopic (exact) mass is 280 g/mol. The summed E-state index contributed by atoms with van der Waals surface area (Å²) in [7, 11) is 1.51. The molecular weight excluding hydrogens is 275 g/mol. The van der Waals surface area contributed by atoms with Crippen molar-refractivity contribution >= 4 is 23.2 Å². The fraction of sp³-hybridized carbons (Fsp3) is 0.0909. The van der Waals surface area contributed by atoms with Crippen LogP contribution in [0, 0.1) is 11.3 Å². The molecule has 0 atom stereocenters. The van der Waals surface area contributed by atoms with E-state index in [-0.39, 0.29) is 16.4 Å². The maximum absolute atomic E-state index is 8.89. The summed E-state index contributed by atoms with van der Waals surface area (Å²) in [6, 6.07) is 6.91. The van der Waals surface area contributed by atoms with Crippen molar-refractivity contribution in [3.63, 3.8) is 0 Å². The first kappa shape index (κ1) is 12.6. The van der Waals surface area contributed by atoms with Crippen molar-refractivity contribution < 1.29 is 4.74 Å². The number of aromatic nitrogens is 3. The predicted octanol–water partition coefficient (Wildman–Crippen LogP) is 2.73. The Balaban J connectivity index is 2.65. The van der Waals surface area contributed by atoms with Gasteiger partial charge in [-0.25, -0.2) is 0 Å². The second-order valence-corrected chi connectivity index (χ2v) is 3.90. The Kier molecular flexibility index (Phi) is 3.60. The lowest BCUT2D eigenvalue weighted by Gasteiger charge is -2.07. The van der Waals surface area contributed by atoms with Crippen LogP contribution in [0.1, 0.15) is 5.56 Å². The van der Waals surface area contributed by atoms with Gasteiger partial charge in [-0.1, -0.05) is 0 Å². The highest BCUT2D eigenvalue weighted by molar-refractivity contribution is 6.31. The van der Waals surface area contributed by atoms with Crippen LogP contribution < -0.4 is 4.74 Å². The molecule has 0 N–H and O–H groups in total. The molecule has 0 fully saturated rings. The summed E-state index contributed by atoms with van der Waals surface area (Å²) in [4.78, 5) is 11.6. The average molecular weight is 281 g/mol. The Labute approximate surface area is 113 Å². The molecule has 0 unspecified atom stereocenters. The van der Waals surface area contributed by atoms with E-state index in [2.05, 4.69) is 15.0 Å². The summed E-state index contributed by atoms with van der Waals surface area (Å²) < 4.78 is 5.18. The van der Waals surface area contributed by atoms with E-state index in [4.69, 9.17) is 33.2 Å². The molecule has 5 nitrogen and oxygen atoms in total. The van der Waals surface area contributed by atoms with Gasteiger partial charge in [0.05, 0.1) is 24.3 Å². The van der Waals surface area contributed by atoms with Gasteiger partial charge in [0.1, 0.15) is 5.75 Å². The van der Waals surface area contributed by atoms with Gasteiger partial charge in [-0.2, -0.15) is 20.2 Å². The highest BCUT2D eigenvalue weighted by Crippen LogP contribution is 2.29. The van der Waals surface area contributed by atoms with E-state index in [1.807, 2.05) is 6.07 Å². The lowest BCUT2D eigenvalue weighted by molar-refractivity contribution is 0.416. The highest BCUT2D eigenvalue weighted by atomic mass is 35.5. The van der Waals surface area contributed by atoms with Gasteiger partial charge in [-0.05, 0) is 41.4 Å². The molecule has 0 amide bonds. The third-order valence-corrected chi connectivity index (χ3v) is 2.49. The minimum absolute atomic E-state index is 0.0191. The van der Waals surface area contributed by atoms with E-state index in [0.717, 1.165) is 0 Å². The standard InChI is InChI=1S/C11H6Cl2N4O/c1-18-8-3-2-6(5-14)4-7(8)9-15-10(12)17-11(13)16-9/h2-4H,1H3. The van der Waals surface area contributed by atoms with Crippen LogP contribution in [0.5, 0.6) is 5.75 Å². The van der Waals surface area contributed by atoms with Crippen LogP contribution in [-0.4, -0.2) is 22.1 Å². The van der Waals surface area contributed by atoms with E-state index in [1.54, 1.807) is 18.2 Å². The Morgan fingerprint density at radius 1 is 1.17 bits per heavy atom. The minimum Gasteiger partial charge on any atom is -0.496 e. The third kappa shape index (κ3) is 2.50. The topological polar surface area (TPSA) is 71.7 Å². The molecule has 0 bridgehead atoms. The fourth-order valence-electron chi connectivity index (χ4n) is 1.40. The SMILES string of the molecule is COc1ccc(C#N)cc1-c1nc(Cl)nc(Cl)n1. The van der Waals surface area contributed by atoms with Crippen LogP contribution in [-0.2, 0) is 0 Å². The summed E-state index contributed by atoms with van der Waals surface area (Å²) in [6.07, 6.45) is 0. The van der Waals surface area contributed by atoms with Crippen molar-refractivity contribution in [3.8, 4) is 23.2 Å². The van der Waals surface area contributed by atoms with Crippen molar-refractivity contribution in [3.05, 3.63) is 34.3 Å². The number of hydrogen-bond donors (Lipinski definition) is 0. The van der Waals surface area contributed by atoms with E-state index >= 15 is 0 Å². The van der Waals surface area contributed by atoms with Crippen LogP contribution in [0.4, 0.5) is 0 Å². The molecule has 1 heterocycles. The molecule has 1 aromatic heterocycles. The van der Waals surface area contributed by atoms with Gasteiger partial charge in [0.15, 0.2) is 5.82 Å². The summed E-state index contributed by atoms with van der Waals surface area (Å²) >= 11 is 11.4. The number of rotatable bonds is 2. The number of methoxy groups -OCH3 is 1. The molecule has 7 heteroatoms. The van der Waals surface area contributed by atoms with Gasteiger partial charge in [0.2, 0.25) is 10.6 Å². The maximum atomic E-state index is 8.89. The molecule has 0 spiro atoms. The molecule has 0 aliphatic rings. The van der Waals surface area contributed by atoms with E-state index in [9.17, 15) is 0 Å². The van der Waals surface area contributed by atoms with Crippen LogP contribution in [0.3, 0.4) is 0 Å². The third-order valence-electron chi connectivity index (χ3n) is 2.15. The molecule has 2 rings (SSSR count). The zero-order chi connectivity index (χ0) is 13.1. The Bertz CT molecular complexity index is 619. The van der Waals surface area contributed by atoms with Gasteiger partial charge in [-0.3, -0.25) is 0 Å². The Hall–Kier alpha value is -1.90. The van der Waals surface area contributed by atoms with Crippen LogP contribution >= 0.6 is 23.2 Å². The van der Waals surface area contributed by atoms with Crippen LogP contribution in [0.15, 0.2) is 18.2 Å². The molecule has 90 valence electrons. The number of ether oxygens (including phenoxy) is 1. The van der Waals surface area contributed by atoms with Gasteiger partial charge < -0.3 is 4.74 Å². The molecule has 1 aromatic carbocycles. The lowest BCUT2D eigenvalue weighted by Crippen LogP contribution is -1.96. The number of benzene rings is 1. The molecule has 0 radical (unpaired) electrons. The predicted molar refractivity (Wildman–Crippen MR) is 66.6 cm³/mol. The summed E-state index contributed by atoms with van der Waals surface area (Å²) in [5, 5.41) is 8.85. The van der Waals surface area contributed by atoms with E-state index < -0.39 is 0 Å². The zero-order valence-corrected chi connectivity index (χ0v) is 10.7. The van der Waals surface area contributed by atoms with Crippen LogP contribution in [0.2, 0.25) is 10.6 Å². The number of nitrogens with zero attached hydrogens (tertiary/aromatic N) is 4. The quantitative estimate of drug-likeness (QED) is 0.846. The smallest absolute Gasteiger partial charge is 0.227 e. The van der Waals surface area contributed by atoms with Gasteiger partial charge in [0, 0.05) is 0 Å². The van der Waals surface area contributed by atoms with E-state index in [1.165, 1.54) is 7.11 Å². The van der Waals surface area contributed by atoms with Crippen LogP contribution in [0.25, 0.3) is 11.4 Å². The normalized spacial score (nSPS) is 9.89. The number of halogens is 2. The van der Waals surface area contributed by atoms with Gasteiger partial charge >= 0.3 is 0 Å². The summed E-state index contributed by atoms with van der Waals surface area (Å²) in [5.74, 6) is 0.779. The maximum Gasteiger partial charge on any atom is 0.227 e. The lowest BCUT2D eigenvalue weighted by atomic mass is 10.1. The largest absolute Gasteiger partial charge is 0.496 e. The Morgan fingerprint density at radius 2 is 1.83 bits per heavy atom. The minimum atomic E-state index is -0.0191. The van der Waals surface area contributed by atoms with Crippen molar-refractivity contribution in [2.24, 2.45) is 0 Å². The van der Waals surface area contributed by atoms with Gasteiger partial charge in [-0.15, -0.1) is 0 Å². The number of nitriles is 1. The average Bonchev–Trinajstić information content (AvgIpc) is 2.36. The van der Waals surface area contributed by atoms with Crippen molar-refractivity contribution in [1.29, 1.82) is 5.26 Å².